The molecule has 0 saturated heterocycles. The number of aromatic nitrogens is 4. The van der Waals surface area contributed by atoms with E-state index in [0.717, 1.165) is 10.4 Å². The van der Waals surface area contributed by atoms with Gasteiger partial charge in [0.05, 0.1) is 0 Å². The summed E-state index contributed by atoms with van der Waals surface area (Å²) in [5.74, 6) is -1.12. The highest BCUT2D eigenvalue weighted by molar-refractivity contribution is 7.08. The van der Waals surface area contributed by atoms with Crippen molar-refractivity contribution in [3.05, 3.63) is 16.8 Å². The zero-order valence-corrected chi connectivity index (χ0v) is 12.4. The Morgan fingerprint density at radius 2 is 2.29 bits per heavy atom. The first kappa shape index (κ1) is 15.1. The monoisotopic (exact) mass is 309 g/mol. The topological polar surface area (TPSA) is 110 Å². The molecule has 1 atom stereocenters. The smallest absolute Gasteiger partial charge is 0.329 e. The number of carboxylic acids is 1. The summed E-state index contributed by atoms with van der Waals surface area (Å²) in [5.41, 5.74) is -0.469. The average molecular weight is 309 g/mol. The number of aliphatic carboxylic acids is 1. The summed E-state index contributed by atoms with van der Waals surface area (Å²) in [6.45, 7) is 2.97. The highest BCUT2D eigenvalue weighted by Gasteiger charge is 2.32. The van der Waals surface area contributed by atoms with Crippen molar-refractivity contribution in [1.29, 1.82) is 0 Å². The number of amides is 1. The van der Waals surface area contributed by atoms with Gasteiger partial charge in [-0.25, -0.2) is 4.79 Å². The van der Waals surface area contributed by atoms with Crippen LogP contribution >= 0.6 is 11.3 Å². The highest BCUT2D eigenvalue weighted by atomic mass is 32.1. The Balaban J connectivity index is 2.02. The minimum atomic E-state index is -1.30. The molecule has 0 aromatic carbocycles. The van der Waals surface area contributed by atoms with Crippen molar-refractivity contribution in [2.45, 2.75) is 32.4 Å². The molecule has 2 heterocycles. The molecule has 1 amide bonds. The molecule has 0 fully saturated rings. The zero-order valence-electron chi connectivity index (χ0n) is 11.6. The van der Waals surface area contributed by atoms with Gasteiger partial charge in [0.25, 0.3) is 0 Å². The van der Waals surface area contributed by atoms with E-state index in [0.29, 0.717) is 5.82 Å². The number of nitrogens with one attached hydrogen (secondary N) is 1. The lowest BCUT2D eigenvalue weighted by Crippen LogP contribution is -2.52. The largest absolute Gasteiger partial charge is 0.480 e. The van der Waals surface area contributed by atoms with Crippen molar-refractivity contribution in [3.8, 4) is 11.4 Å². The Morgan fingerprint density at radius 1 is 1.52 bits per heavy atom. The molecule has 21 heavy (non-hydrogen) atoms. The second-order valence-electron chi connectivity index (χ2n) is 4.69. The van der Waals surface area contributed by atoms with Gasteiger partial charge in [0.1, 0.15) is 12.1 Å². The van der Waals surface area contributed by atoms with Crippen molar-refractivity contribution in [2.75, 3.05) is 0 Å². The molecule has 2 N–H and O–H groups in total. The van der Waals surface area contributed by atoms with Gasteiger partial charge in [-0.05, 0) is 30.0 Å². The minimum Gasteiger partial charge on any atom is -0.480 e. The first-order chi connectivity index (χ1) is 9.94. The van der Waals surface area contributed by atoms with Gasteiger partial charge in [-0.3, -0.25) is 4.79 Å². The second kappa shape index (κ2) is 6.00. The van der Waals surface area contributed by atoms with Crippen LogP contribution in [0.5, 0.6) is 0 Å². The highest BCUT2D eigenvalue weighted by Crippen LogP contribution is 2.16. The van der Waals surface area contributed by atoms with E-state index in [1.54, 1.807) is 6.92 Å². The first-order valence-corrected chi connectivity index (χ1v) is 7.23. The third kappa shape index (κ3) is 3.43. The van der Waals surface area contributed by atoms with Gasteiger partial charge in [-0.1, -0.05) is 6.92 Å². The molecule has 8 nitrogen and oxygen atoms in total. The van der Waals surface area contributed by atoms with E-state index in [-0.39, 0.29) is 13.0 Å². The van der Waals surface area contributed by atoms with Gasteiger partial charge in [0.15, 0.2) is 0 Å². The number of carboxylic acid groups (broad SMARTS) is 1. The Labute approximate surface area is 124 Å². The number of carbonyl (C=O) groups excluding carboxylic acids is 1. The zero-order chi connectivity index (χ0) is 15.5. The molecule has 0 saturated carbocycles. The van der Waals surface area contributed by atoms with Crippen LogP contribution in [0.15, 0.2) is 16.8 Å². The van der Waals surface area contributed by atoms with Crippen LogP contribution in [0.1, 0.15) is 20.3 Å². The van der Waals surface area contributed by atoms with Gasteiger partial charge >= 0.3 is 5.97 Å². The molecule has 2 rings (SSSR count). The lowest BCUT2D eigenvalue weighted by molar-refractivity contribution is -0.147. The fraction of sp³-hybridized carbons (Fsp3) is 0.417. The quantitative estimate of drug-likeness (QED) is 0.815. The van der Waals surface area contributed by atoms with Crippen LogP contribution in [0.2, 0.25) is 0 Å². The van der Waals surface area contributed by atoms with E-state index in [2.05, 4.69) is 20.7 Å². The van der Waals surface area contributed by atoms with E-state index in [4.69, 9.17) is 5.11 Å². The summed E-state index contributed by atoms with van der Waals surface area (Å²) in [6.07, 6.45) is 0.277. The van der Waals surface area contributed by atoms with E-state index < -0.39 is 17.4 Å². The molecule has 0 aliphatic carbocycles. The summed E-state index contributed by atoms with van der Waals surface area (Å²) >= 11 is 1.51. The molecule has 2 aromatic heterocycles. The average Bonchev–Trinajstić information content (AvgIpc) is 3.08. The Morgan fingerprint density at radius 3 is 2.86 bits per heavy atom. The minimum absolute atomic E-state index is 0.181. The molecular formula is C12H15N5O3S. The van der Waals surface area contributed by atoms with E-state index in [1.807, 2.05) is 16.8 Å². The number of hydrogen-bond acceptors (Lipinski definition) is 6. The van der Waals surface area contributed by atoms with E-state index >= 15 is 0 Å². The maximum atomic E-state index is 11.9. The van der Waals surface area contributed by atoms with Crippen LogP contribution in [0.25, 0.3) is 11.4 Å². The molecule has 0 aliphatic rings. The van der Waals surface area contributed by atoms with Gasteiger partial charge in [-0.2, -0.15) is 16.1 Å². The Hall–Kier alpha value is -2.29. The van der Waals surface area contributed by atoms with Gasteiger partial charge in [0, 0.05) is 10.9 Å². The molecule has 0 aliphatic heterocycles. The summed E-state index contributed by atoms with van der Waals surface area (Å²) in [5, 5.41) is 27.1. The van der Waals surface area contributed by atoms with Crippen molar-refractivity contribution < 1.29 is 14.7 Å². The van der Waals surface area contributed by atoms with Gasteiger partial charge < -0.3 is 10.4 Å². The van der Waals surface area contributed by atoms with E-state index in [1.165, 1.54) is 18.3 Å². The Kier molecular flexibility index (Phi) is 4.32. The third-order valence-electron chi connectivity index (χ3n) is 3.11. The SMILES string of the molecule is CCC(C)(NC(=O)Cn1nnc(-c2ccsc2)n1)C(=O)O. The van der Waals surface area contributed by atoms with Crippen molar-refractivity contribution in [3.63, 3.8) is 0 Å². The number of thiophene rings is 1. The molecule has 1 unspecified atom stereocenters. The summed E-state index contributed by atoms with van der Waals surface area (Å²) < 4.78 is 0. The third-order valence-corrected chi connectivity index (χ3v) is 3.79. The molecular weight excluding hydrogens is 294 g/mol. The van der Waals surface area contributed by atoms with E-state index in [9.17, 15) is 9.59 Å². The van der Waals surface area contributed by atoms with Crippen molar-refractivity contribution >= 4 is 23.2 Å². The van der Waals surface area contributed by atoms with Crippen LogP contribution in [0.4, 0.5) is 0 Å². The lowest BCUT2D eigenvalue weighted by atomic mass is 9.99. The summed E-state index contributed by atoms with van der Waals surface area (Å²) in [6, 6.07) is 1.85. The fourth-order valence-corrected chi connectivity index (χ4v) is 2.22. The number of nitrogens with zero attached hydrogens (tertiary/aromatic N) is 4. The van der Waals surface area contributed by atoms with Gasteiger partial charge in [0.2, 0.25) is 11.7 Å². The molecule has 9 heteroatoms. The molecule has 2 aromatic rings. The molecule has 112 valence electrons. The van der Waals surface area contributed by atoms with Crippen LogP contribution in [0.3, 0.4) is 0 Å². The Bertz CT molecular complexity index is 639. The number of hydrogen-bond donors (Lipinski definition) is 2. The predicted molar refractivity (Wildman–Crippen MR) is 75.6 cm³/mol. The summed E-state index contributed by atoms with van der Waals surface area (Å²) in [7, 11) is 0. The fourth-order valence-electron chi connectivity index (χ4n) is 1.59. The van der Waals surface area contributed by atoms with Gasteiger partial charge in [-0.15, -0.1) is 10.2 Å². The number of tetrazole rings is 1. The van der Waals surface area contributed by atoms with Crippen molar-refractivity contribution in [2.24, 2.45) is 0 Å². The predicted octanol–water partition coefficient (Wildman–Crippen LogP) is 0.771. The normalized spacial score (nSPS) is 13.6. The number of carbonyl (C=O) groups is 2. The first-order valence-electron chi connectivity index (χ1n) is 6.29. The van der Waals surface area contributed by atoms with Crippen molar-refractivity contribution in [1.82, 2.24) is 25.5 Å². The molecule has 0 spiro atoms. The lowest BCUT2D eigenvalue weighted by Gasteiger charge is -2.24. The molecule has 0 radical (unpaired) electrons. The summed E-state index contributed by atoms with van der Waals surface area (Å²) in [4.78, 5) is 24.2. The number of rotatable bonds is 6. The van der Waals surface area contributed by atoms with Crippen LogP contribution in [0, 0.1) is 0 Å². The standard InChI is InChI=1S/C12H15N5O3S/c1-3-12(2,11(19)20)13-9(18)6-17-15-10(14-16-17)8-4-5-21-7-8/h4-5,7H,3,6H2,1-2H3,(H,13,18)(H,19,20). The maximum Gasteiger partial charge on any atom is 0.329 e. The molecule has 0 bridgehead atoms. The second-order valence-corrected chi connectivity index (χ2v) is 5.47. The van der Waals surface area contributed by atoms with Crippen LogP contribution in [-0.4, -0.2) is 42.7 Å². The van der Waals surface area contributed by atoms with Crippen LogP contribution < -0.4 is 5.32 Å². The maximum absolute atomic E-state index is 11.9. The van der Waals surface area contributed by atoms with Crippen LogP contribution in [-0.2, 0) is 16.1 Å².